The number of methoxy groups -OCH3 is 1. The first-order chi connectivity index (χ1) is 8.47. The minimum absolute atomic E-state index is 0.0261. The van der Waals surface area contributed by atoms with E-state index in [4.69, 9.17) is 22.7 Å². The van der Waals surface area contributed by atoms with Gasteiger partial charge in [0.2, 0.25) is 0 Å². The van der Waals surface area contributed by atoms with Crippen molar-refractivity contribution in [1.82, 2.24) is 9.88 Å². The number of pyridine rings is 1. The molecule has 0 radical (unpaired) electrons. The molecule has 0 aliphatic rings. The molecule has 1 amide bonds. The fraction of sp³-hybridized carbons (Fsp3) is 0.417. The van der Waals surface area contributed by atoms with Crippen LogP contribution in [0.2, 0.25) is 0 Å². The number of thiocarbonyl (C=S) groups is 1. The van der Waals surface area contributed by atoms with E-state index in [1.165, 1.54) is 13.3 Å². The van der Waals surface area contributed by atoms with Crippen LogP contribution in [0.25, 0.3) is 0 Å². The van der Waals surface area contributed by atoms with Crippen LogP contribution in [0.4, 0.5) is 0 Å². The first kappa shape index (κ1) is 14.4. The van der Waals surface area contributed by atoms with Crippen LogP contribution in [0.5, 0.6) is 5.75 Å². The highest BCUT2D eigenvalue weighted by molar-refractivity contribution is 7.80. The van der Waals surface area contributed by atoms with Crippen molar-refractivity contribution in [3.63, 3.8) is 0 Å². The molecule has 1 aromatic heterocycles. The first-order valence-electron chi connectivity index (χ1n) is 5.50. The molecular weight excluding hydrogens is 250 g/mol. The first-order valence-corrected chi connectivity index (χ1v) is 5.91. The van der Waals surface area contributed by atoms with Crippen LogP contribution < -0.4 is 10.5 Å². The van der Waals surface area contributed by atoms with Gasteiger partial charge in [-0.3, -0.25) is 9.78 Å². The molecule has 0 aliphatic heterocycles. The Morgan fingerprint density at radius 1 is 1.67 bits per heavy atom. The van der Waals surface area contributed by atoms with Crippen molar-refractivity contribution in [2.75, 3.05) is 20.7 Å². The predicted octanol–water partition coefficient (Wildman–Crippen LogP) is 1.08. The van der Waals surface area contributed by atoms with Crippen molar-refractivity contribution >= 4 is 23.1 Å². The van der Waals surface area contributed by atoms with Gasteiger partial charge in [0.05, 0.1) is 23.9 Å². The van der Waals surface area contributed by atoms with Crippen LogP contribution in [0, 0.1) is 5.92 Å². The molecule has 5 nitrogen and oxygen atoms in total. The van der Waals surface area contributed by atoms with Crippen LogP contribution in [0.1, 0.15) is 17.3 Å². The minimum atomic E-state index is -0.141. The van der Waals surface area contributed by atoms with E-state index in [0.717, 1.165) is 0 Å². The smallest absolute Gasteiger partial charge is 0.257 e. The lowest BCUT2D eigenvalue weighted by atomic mass is 10.1. The summed E-state index contributed by atoms with van der Waals surface area (Å²) < 4.78 is 5.11. The quantitative estimate of drug-likeness (QED) is 0.809. The predicted molar refractivity (Wildman–Crippen MR) is 73.7 cm³/mol. The number of nitrogens with two attached hydrogens (primary N) is 1. The van der Waals surface area contributed by atoms with Crippen molar-refractivity contribution in [2.45, 2.75) is 6.92 Å². The SMILES string of the molecule is COc1cnccc1C(=O)N(C)CC(C)C(N)=S. The molecule has 1 unspecified atom stereocenters. The van der Waals surface area contributed by atoms with E-state index in [0.29, 0.717) is 22.8 Å². The Hall–Kier alpha value is -1.69. The van der Waals surface area contributed by atoms with Gasteiger partial charge >= 0.3 is 0 Å². The van der Waals surface area contributed by atoms with Crippen molar-refractivity contribution in [3.8, 4) is 5.75 Å². The maximum Gasteiger partial charge on any atom is 0.257 e. The van der Waals surface area contributed by atoms with E-state index in [9.17, 15) is 4.79 Å². The second-order valence-electron chi connectivity index (χ2n) is 4.07. The Kier molecular flexibility index (Phi) is 5.03. The van der Waals surface area contributed by atoms with Crippen molar-refractivity contribution in [2.24, 2.45) is 11.7 Å². The molecule has 1 atom stereocenters. The van der Waals surface area contributed by atoms with Crippen LogP contribution in [-0.2, 0) is 0 Å². The lowest BCUT2D eigenvalue weighted by molar-refractivity contribution is 0.0783. The molecule has 98 valence electrons. The molecule has 0 bridgehead atoms. The topological polar surface area (TPSA) is 68.5 Å². The lowest BCUT2D eigenvalue weighted by Crippen LogP contribution is -2.35. The molecule has 0 fully saturated rings. The van der Waals surface area contributed by atoms with Gasteiger partial charge in [0.25, 0.3) is 5.91 Å². The second-order valence-corrected chi connectivity index (χ2v) is 4.54. The average Bonchev–Trinajstić information content (AvgIpc) is 2.37. The maximum atomic E-state index is 12.2. The lowest BCUT2D eigenvalue weighted by Gasteiger charge is -2.21. The summed E-state index contributed by atoms with van der Waals surface area (Å²) in [6.07, 6.45) is 3.07. The van der Waals surface area contributed by atoms with Gasteiger partial charge in [-0.1, -0.05) is 19.1 Å². The number of hydrogen-bond acceptors (Lipinski definition) is 4. The number of rotatable bonds is 5. The Balaban J connectivity index is 2.83. The number of hydrogen-bond donors (Lipinski definition) is 1. The highest BCUT2D eigenvalue weighted by Crippen LogP contribution is 2.17. The van der Waals surface area contributed by atoms with Crippen molar-refractivity contribution in [1.29, 1.82) is 0 Å². The molecule has 18 heavy (non-hydrogen) atoms. The van der Waals surface area contributed by atoms with E-state index in [2.05, 4.69) is 4.98 Å². The summed E-state index contributed by atoms with van der Waals surface area (Å²) >= 11 is 4.89. The number of aromatic nitrogens is 1. The summed E-state index contributed by atoms with van der Waals surface area (Å²) in [7, 11) is 3.21. The van der Waals surface area contributed by atoms with Crippen molar-refractivity contribution in [3.05, 3.63) is 24.0 Å². The number of carbonyl (C=O) groups excluding carboxylic acids is 1. The Morgan fingerprint density at radius 2 is 2.33 bits per heavy atom. The Labute approximate surface area is 112 Å². The highest BCUT2D eigenvalue weighted by Gasteiger charge is 2.18. The average molecular weight is 267 g/mol. The molecule has 1 rings (SSSR count). The third-order valence-corrected chi connectivity index (χ3v) is 3.02. The molecule has 0 aliphatic carbocycles. The second kappa shape index (κ2) is 6.30. The van der Waals surface area contributed by atoms with Gasteiger partial charge in [-0.05, 0) is 6.07 Å². The molecule has 0 saturated heterocycles. The summed E-state index contributed by atoms with van der Waals surface area (Å²) in [5.41, 5.74) is 6.01. The molecule has 0 aromatic carbocycles. The van der Waals surface area contributed by atoms with Gasteiger partial charge in [-0.25, -0.2) is 0 Å². The summed E-state index contributed by atoms with van der Waals surface area (Å²) in [5, 5.41) is 0. The van der Waals surface area contributed by atoms with Crippen LogP contribution in [0.3, 0.4) is 0 Å². The van der Waals surface area contributed by atoms with Crippen LogP contribution in [0.15, 0.2) is 18.5 Å². The molecule has 1 aromatic rings. The van der Waals surface area contributed by atoms with Gasteiger partial charge in [0.1, 0.15) is 5.75 Å². The molecule has 2 N–H and O–H groups in total. The number of carbonyl (C=O) groups is 1. The summed E-state index contributed by atoms with van der Waals surface area (Å²) in [6, 6.07) is 1.63. The minimum Gasteiger partial charge on any atom is -0.494 e. The van der Waals surface area contributed by atoms with Crippen LogP contribution >= 0.6 is 12.2 Å². The van der Waals surface area contributed by atoms with Gasteiger partial charge in [0, 0.05) is 25.7 Å². The number of amides is 1. The summed E-state index contributed by atoms with van der Waals surface area (Å²) in [4.78, 5) is 18.1. The molecular formula is C12H17N3O2S. The zero-order valence-electron chi connectivity index (χ0n) is 10.7. The van der Waals surface area contributed by atoms with E-state index in [1.54, 1.807) is 24.2 Å². The third-order valence-electron chi connectivity index (χ3n) is 2.61. The van der Waals surface area contributed by atoms with E-state index < -0.39 is 0 Å². The molecule has 1 heterocycles. The zero-order valence-corrected chi connectivity index (χ0v) is 11.5. The zero-order chi connectivity index (χ0) is 13.7. The van der Waals surface area contributed by atoms with E-state index >= 15 is 0 Å². The Morgan fingerprint density at radius 3 is 2.89 bits per heavy atom. The maximum absolute atomic E-state index is 12.2. The summed E-state index contributed by atoms with van der Waals surface area (Å²) in [6.45, 7) is 2.36. The standard InChI is InChI=1S/C12H17N3O2S/c1-8(11(13)18)7-15(2)12(16)9-4-5-14-6-10(9)17-3/h4-6,8H,7H2,1-3H3,(H2,13,18). The van der Waals surface area contributed by atoms with Gasteiger partial charge < -0.3 is 15.4 Å². The van der Waals surface area contributed by atoms with Crippen LogP contribution in [-0.4, -0.2) is 41.5 Å². The van der Waals surface area contributed by atoms with Crippen molar-refractivity contribution < 1.29 is 9.53 Å². The normalized spacial score (nSPS) is 11.7. The number of ether oxygens (including phenoxy) is 1. The molecule has 0 spiro atoms. The molecule has 0 saturated carbocycles. The van der Waals surface area contributed by atoms with E-state index in [-0.39, 0.29) is 11.8 Å². The Bertz CT molecular complexity index is 451. The summed E-state index contributed by atoms with van der Waals surface area (Å²) in [5.74, 6) is 0.288. The monoisotopic (exact) mass is 267 g/mol. The fourth-order valence-corrected chi connectivity index (χ4v) is 1.58. The van der Waals surface area contributed by atoms with Gasteiger partial charge in [-0.15, -0.1) is 0 Å². The van der Waals surface area contributed by atoms with E-state index in [1.807, 2.05) is 6.92 Å². The highest BCUT2D eigenvalue weighted by atomic mass is 32.1. The fourth-order valence-electron chi connectivity index (χ4n) is 1.51. The molecule has 6 heteroatoms. The third kappa shape index (κ3) is 3.40. The number of nitrogens with zero attached hydrogens (tertiary/aromatic N) is 2. The van der Waals surface area contributed by atoms with Gasteiger partial charge in [-0.2, -0.15) is 0 Å². The largest absolute Gasteiger partial charge is 0.494 e. The van der Waals surface area contributed by atoms with Gasteiger partial charge in [0.15, 0.2) is 0 Å².